The van der Waals surface area contributed by atoms with Crippen LogP contribution in [0.25, 0.3) is 6.08 Å². The molecule has 0 radical (unpaired) electrons. The molecule has 2 fully saturated rings. The van der Waals surface area contributed by atoms with Crippen molar-refractivity contribution in [3.8, 4) is 11.8 Å². The third-order valence-corrected chi connectivity index (χ3v) is 13.2. The van der Waals surface area contributed by atoms with Crippen LogP contribution in [0.15, 0.2) is 177 Å². The Labute approximate surface area is 535 Å². The maximum absolute atomic E-state index is 11.3. The summed E-state index contributed by atoms with van der Waals surface area (Å²) in [6.07, 6.45) is 25.6. The minimum absolute atomic E-state index is 0. The van der Waals surface area contributed by atoms with Gasteiger partial charge in [-0.15, -0.1) is 5.73 Å². The second kappa shape index (κ2) is 50.2. The van der Waals surface area contributed by atoms with Crippen LogP contribution in [-0.4, -0.2) is 68.9 Å². The van der Waals surface area contributed by atoms with Gasteiger partial charge in [-0.3, -0.25) is 47.9 Å². The molecule has 3 aromatic rings. The normalized spacial score (nSPS) is 18.8. The average molecular weight is 1360 g/mol. The average Bonchev–Trinajstić information content (AvgIpc) is 4.34. The number of aliphatic carboxylic acids is 1. The van der Waals surface area contributed by atoms with Crippen LogP contribution < -0.4 is 0 Å². The van der Waals surface area contributed by atoms with E-state index in [1.54, 1.807) is 47.6 Å². The molecular weight excluding hydrogens is 1260 g/mol. The zero-order valence-electron chi connectivity index (χ0n) is 53.5. The number of benzene rings is 3. The van der Waals surface area contributed by atoms with Crippen LogP contribution in [0.1, 0.15) is 151 Å². The fourth-order valence-electron chi connectivity index (χ4n) is 8.40. The molecule has 0 saturated heterocycles. The summed E-state index contributed by atoms with van der Waals surface area (Å²) in [5.41, 5.74) is 5.67. The minimum atomic E-state index is -0.822. The molecule has 13 heteroatoms. The number of rotatable bonds is 11. The molecule has 12 nitrogen and oxygen atoms in total. The van der Waals surface area contributed by atoms with Crippen molar-refractivity contribution in [2.75, 3.05) is 0 Å². The van der Waals surface area contributed by atoms with Gasteiger partial charge < -0.3 is 17.3 Å². The van der Waals surface area contributed by atoms with Crippen molar-refractivity contribution in [1.82, 2.24) is 0 Å². The molecule has 87 heavy (non-hydrogen) atoms. The molecule has 8 unspecified atom stereocenters. The molecule has 1 N–H and O–H groups in total. The zero-order chi connectivity index (χ0) is 65.0. The van der Waals surface area contributed by atoms with Crippen LogP contribution in [-0.2, 0) is 69.0 Å². The third-order valence-electron chi connectivity index (χ3n) is 13.2. The smallest absolute Gasteiger partial charge is 0.307 e. The van der Waals surface area contributed by atoms with E-state index in [0.29, 0.717) is 41.3 Å². The molecule has 0 amide bonds. The first-order valence-corrected chi connectivity index (χ1v) is 28.3. The Morgan fingerprint density at radius 3 is 1.38 bits per heavy atom. The Morgan fingerprint density at radius 2 is 1.10 bits per heavy atom. The summed E-state index contributed by atoms with van der Waals surface area (Å²) in [5.74, 6) is 7.15. The Hall–Kier alpha value is -7.96. The third kappa shape index (κ3) is 42.5. The van der Waals surface area contributed by atoms with Gasteiger partial charge in [-0.1, -0.05) is 154 Å². The second-order valence-electron chi connectivity index (χ2n) is 20.7. The summed E-state index contributed by atoms with van der Waals surface area (Å²) < 4.78 is 0. The van der Waals surface area contributed by atoms with E-state index in [4.69, 9.17) is 5.11 Å². The second-order valence-corrected chi connectivity index (χ2v) is 20.7. The van der Waals surface area contributed by atoms with Crippen molar-refractivity contribution in [1.29, 1.82) is 0 Å². The number of carbonyl (C=O) groups is 11. The van der Waals surface area contributed by atoms with Gasteiger partial charge in [0.15, 0.2) is 28.9 Å². The SMILES string of the molecule is C=C(C)C(C)=O.C=C=CC(C)=O.C=CC(C)=O.CC(=O)/C=C/c1ccccc1.CC(=O)C#Cc1ccccc1.CC(=O)C1C2C=CC(C2)C1C(=O)O.CC(=O)C1CC2C=CC1C2.CC(=O)C1CC=CCC1.CC(=O)c1ccccc1.CCC(C)=O.[CH3-].[HH].[W]. The van der Waals surface area contributed by atoms with Crippen molar-refractivity contribution >= 4 is 69.9 Å². The van der Waals surface area contributed by atoms with Crippen LogP contribution in [0.3, 0.4) is 0 Å². The van der Waals surface area contributed by atoms with Crippen LogP contribution in [0, 0.1) is 66.6 Å². The number of carboxylic acid groups (broad SMARTS) is 1. The Bertz CT molecular complexity index is 2880. The van der Waals surface area contributed by atoms with Crippen LogP contribution in [0.5, 0.6) is 0 Å². The number of fused-ring (bicyclic) bond motifs is 4. The van der Waals surface area contributed by atoms with E-state index in [0.717, 1.165) is 54.7 Å². The molecule has 5 aliphatic carbocycles. The summed E-state index contributed by atoms with van der Waals surface area (Å²) in [5, 5.41) is 8.97. The van der Waals surface area contributed by atoms with Crippen molar-refractivity contribution in [2.45, 2.75) is 128 Å². The summed E-state index contributed by atoms with van der Waals surface area (Å²) in [6.45, 7) is 28.8. The largest absolute Gasteiger partial charge is 0.481 e. The van der Waals surface area contributed by atoms with Crippen molar-refractivity contribution in [2.24, 2.45) is 47.3 Å². The minimum Gasteiger partial charge on any atom is -0.481 e. The molecule has 3 aromatic carbocycles. The monoisotopic (exact) mass is 1360 g/mol. The molecule has 4 bridgehead atoms. The van der Waals surface area contributed by atoms with Gasteiger partial charge in [-0.05, 0) is 173 Å². The summed E-state index contributed by atoms with van der Waals surface area (Å²) in [7, 11) is 0. The Morgan fingerprint density at radius 1 is 0.621 bits per heavy atom. The fraction of sp³-hybridized carbons (Fsp3) is 0.365. The quantitative estimate of drug-likeness (QED) is 0.0475. The van der Waals surface area contributed by atoms with Gasteiger partial charge in [0, 0.05) is 70.8 Å². The molecule has 2 saturated carbocycles. The van der Waals surface area contributed by atoms with Crippen molar-refractivity contribution in [3.05, 3.63) is 201 Å². The number of hydrogen-bond acceptors (Lipinski definition) is 11. The van der Waals surface area contributed by atoms with Crippen LogP contribution in [0.2, 0.25) is 0 Å². The summed E-state index contributed by atoms with van der Waals surface area (Å²) in [4.78, 5) is 115. The van der Waals surface area contributed by atoms with E-state index in [1.165, 1.54) is 53.2 Å². The van der Waals surface area contributed by atoms with Gasteiger partial charge in [0.25, 0.3) is 0 Å². The number of ketones is 10. The zero-order valence-corrected chi connectivity index (χ0v) is 56.4. The number of Topliss-reactive ketones (excluding diaryl/α,β-unsaturated/α-hetero) is 7. The van der Waals surface area contributed by atoms with E-state index in [1.807, 2.05) is 116 Å². The standard InChI is InChI=1S/C10H12O3.C10H10O.C10H8O.C9H12O.C8H12O.C8H8O.C5H8O.C5H6O.C4H8O.C4H6O.CH3.W.H2/c1-5(11)8-6-2-3-7(4-6)9(8)10(12)13;2*1-9(11)7-8-10-5-3-2-4-6-10;1-6(10)9-5-7-2-3-8(9)4-7;2*1-7(9)8-5-3-2-4-6-8;1-4(2)5(3)6;1-3-4-5(2)6;2*1-3-4(2)5;;;/h2-3,6-9H,4H2,1H3,(H,12,13);2-8H,1H3;2-6H,1H3;2-3,7-9H,4-5H2,1H3;2-3,8H,4-6H2,1H3;2-6H,1H3;1H2,2-3H3;4H,1H2,2H3;3H2,1-2H3;3H,1H2,2H3;1H3;;1H/q;;;;;;;;;;-1;;/b;8-7+;;;;;;;;;;;. The number of allylic oxidation sites excluding steroid dienone is 10. The first-order chi connectivity index (χ1) is 40.0. The molecule has 8 rings (SSSR count). The molecule has 0 spiro atoms. The molecule has 470 valence electrons. The van der Waals surface area contributed by atoms with Crippen LogP contribution in [0.4, 0.5) is 0 Å². The molecule has 5 aliphatic rings. The van der Waals surface area contributed by atoms with E-state index < -0.39 is 11.9 Å². The van der Waals surface area contributed by atoms with Gasteiger partial charge in [-0.2, -0.15) is 0 Å². The van der Waals surface area contributed by atoms with E-state index >= 15 is 0 Å². The van der Waals surface area contributed by atoms with Gasteiger partial charge in [-0.25, -0.2) is 0 Å². The van der Waals surface area contributed by atoms with E-state index in [9.17, 15) is 52.7 Å². The molecular formula is C74H95O12W-. The maximum Gasteiger partial charge on any atom is 0.307 e. The van der Waals surface area contributed by atoms with Crippen molar-refractivity contribution < 1.29 is 80.3 Å². The van der Waals surface area contributed by atoms with Gasteiger partial charge in [0.2, 0.25) is 5.78 Å². The fourth-order valence-corrected chi connectivity index (χ4v) is 8.40. The molecule has 0 heterocycles. The molecule has 0 aromatic heterocycles. The Kier molecular flexibility index (Phi) is 49.3. The molecule has 8 atom stereocenters. The van der Waals surface area contributed by atoms with Gasteiger partial charge in [0.05, 0.1) is 5.92 Å². The Balaban J connectivity index is -0.000000293. The van der Waals surface area contributed by atoms with Gasteiger partial charge in [0.1, 0.15) is 23.1 Å². The first kappa shape index (κ1) is 85.5. The predicted octanol–water partition coefficient (Wildman–Crippen LogP) is 15.1. The number of carbonyl (C=O) groups excluding carboxylic acids is 10. The maximum atomic E-state index is 11.3. The number of hydrogen-bond donors (Lipinski definition) is 1. The van der Waals surface area contributed by atoms with Crippen LogP contribution >= 0.6 is 0 Å². The summed E-state index contributed by atoms with van der Waals surface area (Å²) in [6, 6.07) is 28.4. The molecule has 0 aliphatic heterocycles. The van der Waals surface area contributed by atoms with E-state index in [2.05, 4.69) is 61.6 Å². The topological polar surface area (TPSA) is 208 Å². The predicted molar refractivity (Wildman–Crippen MR) is 350 cm³/mol. The summed E-state index contributed by atoms with van der Waals surface area (Å²) >= 11 is 0. The van der Waals surface area contributed by atoms with Gasteiger partial charge >= 0.3 is 5.97 Å². The first-order valence-electron chi connectivity index (χ1n) is 28.3. The van der Waals surface area contributed by atoms with E-state index in [-0.39, 0.29) is 93.9 Å². The number of carboxylic acids is 1. The van der Waals surface area contributed by atoms with Crippen molar-refractivity contribution in [3.63, 3.8) is 0 Å².